The van der Waals surface area contributed by atoms with E-state index in [4.69, 9.17) is 10.5 Å². The van der Waals surface area contributed by atoms with Gasteiger partial charge in [0.2, 0.25) is 0 Å². The van der Waals surface area contributed by atoms with Crippen LogP contribution in [-0.4, -0.2) is 28.3 Å². The number of hydrogen-bond acceptors (Lipinski definition) is 4. The number of sulfone groups is 1. The zero-order chi connectivity index (χ0) is 15.7. The van der Waals surface area contributed by atoms with Gasteiger partial charge in [-0.2, -0.15) is 0 Å². The van der Waals surface area contributed by atoms with E-state index in [1.54, 1.807) is 6.07 Å². The molecule has 1 aliphatic rings. The topological polar surface area (TPSA) is 69.4 Å². The molecule has 1 aromatic rings. The Morgan fingerprint density at radius 1 is 1.29 bits per heavy atom. The molecule has 4 nitrogen and oxygen atoms in total. The fraction of sp³-hybridized carbons (Fsp3) is 0.600. The first-order valence-electron chi connectivity index (χ1n) is 7.13. The minimum absolute atomic E-state index is 0.0433. The Labute approximate surface area is 125 Å². The Balaban J connectivity index is 2.65. The average Bonchev–Trinajstić information content (AvgIpc) is 2.46. The summed E-state index contributed by atoms with van der Waals surface area (Å²) >= 11 is 0. The minimum atomic E-state index is -3.71. The summed E-state index contributed by atoms with van der Waals surface area (Å²) in [5.74, 6) is -0.661. The van der Waals surface area contributed by atoms with Crippen LogP contribution in [0.4, 0.5) is 4.39 Å². The molecular weight excluding hydrogens is 293 g/mol. The third-order valence-corrected chi connectivity index (χ3v) is 5.55. The van der Waals surface area contributed by atoms with Gasteiger partial charge in [0.1, 0.15) is 16.5 Å². The molecular formula is C15H22FNO3S. The summed E-state index contributed by atoms with van der Waals surface area (Å²) in [5, 5.41) is 0. The summed E-state index contributed by atoms with van der Waals surface area (Å²) in [7, 11) is -2.38. The molecule has 0 aromatic heterocycles. The monoisotopic (exact) mass is 315 g/mol. The molecule has 0 bridgehead atoms. The number of rotatable bonds is 4. The van der Waals surface area contributed by atoms with Crippen LogP contribution in [0.3, 0.4) is 0 Å². The molecule has 0 atom stereocenters. The van der Waals surface area contributed by atoms with E-state index in [1.165, 1.54) is 13.2 Å². The molecule has 21 heavy (non-hydrogen) atoms. The van der Waals surface area contributed by atoms with Crippen LogP contribution in [0, 0.1) is 5.82 Å². The Morgan fingerprint density at radius 2 is 1.90 bits per heavy atom. The molecule has 1 aliphatic carbocycles. The van der Waals surface area contributed by atoms with Gasteiger partial charge in [-0.15, -0.1) is 0 Å². The van der Waals surface area contributed by atoms with Gasteiger partial charge in [-0.3, -0.25) is 0 Å². The van der Waals surface area contributed by atoms with Crippen molar-refractivity contribution in [2.75, 3.05) is 19.9 Å². The van der Waals surface area contributed by atoms with Gasteiger partial charge in [0.05, 0.1) is 7.11 Å². The summed E-state index contributed by atoms with van der Waals surface area (Å²) in [6, 6.07) is 3.15. The number of benzene rings is 1. The maximum absolute atomic E-state index is 14.9. The van der Waals surface area contributed by atoms with E-state index in [0.29, 0.717) is 12.1 Å². The van der Waals surface area contributed by atoms with Crippen LogP contribution in [0.5, 0.6) is 5.75 Å². The first-order valence-corrected chi connectivity index (χ1v) is 9.02. The molecule has 118 valence electrons. The van der Waals surface area contributed by atoms with E-state index in [2.05, 4.69) is 0 Å². The molecule has 1 saturated carbocycles. The number of ether oxygens (including phenoxy) is 1. The van der Waals surface area contributed by atoms with Crippen molar-refractivity contribution in [1.29, 1.82) is 0 Å². The molecule has 2 N–H and O–H groups in total. The predicted octanol–water partition coefficient (Wildman–Crippen LogP) is 2.40. The first-order chi connectivity index (χ1) is 9.85. The largest absolute Gasteiger partial charge is 0.495 e. The number of halogens is 1. The number of hydrogen-bond donors (Lipinski definition) is 1. The van der Waals surface area contributed by atoms with E-state index < -0.39 is 21.1 Å². The molecule has 0 aliphatic heterocycles. The maximum Gasteiger partial charge on any atom is 0.182 e. The van der Waals surface area contributed by atoms with Crippen LogP contribution in [0.2, 0.25) is 0 Å². The Hall–Kier alpha value is -1.14. The highest BCUT2D eigenvalue weighted by Gasteiger charge is 2.37. The molecule has 0 radical (unpaired) electrons. The molecule has 2 rings (SSSR count). The van der Waals surface area contributed by atoms with Gasteiger partial charge in [0.25, 0.3) is 0 Å². The van der Waals surface area contributed by atoms with Crippen LogP contribution in [0.25, 0.3) is 0 Å². The minimum Gasteiger partial charge on any atom is -0.495 e. The van der Waals surface area contributed by atoms with Gasteiger partial charge in [-0.05, 0) is 24.5 Å². The fourth-order valence-electron chi connectivity index (χ4n) is 3.27. The molecule has 0 saturated heterocycles. The van der Waals surface area contributed by atoms with Crippen molar-refractivity contribution in [3.8, 4) is 5.75 Å². The van der Waals surface area contributed by atoms with Gasteiger partial charge < -0.3 is 10.5 Å². The van der Waals surface area contributed by atoms with Gasteiger partial charge in [-0.25, -0.2) is 12.8 Å². The smallest absolute Gasteiger partial charge is 0.182 e. The van der Waals surface area contributed by atoms with Crippen molar-refractivity contribution in [2.24, 2.45) is 5.73 Å². The lowest BCUT2D eigenvalue weighted by atomic mass is 9.69. The lowest BCUT2D eigenvalue weighted by Crippen LogP contribution is -2.38. The highest BCUT2D eigenvalue weighted by Crippen LogP contribution is 2.42. The van der Waals surface area contributed by atoms with Crippen molar-refractivity contribution in [3.05, 3.63) is 23.5 Å². The zero-order valence-electron chi connectivity index (χ0n) is 12.5. The molecule has 0 heterocycles. The summed E-state index contributed by atoms with van der Waals surface area (Å²) in [4.78, 5) is -0.360. The Morgan fingerprint density at radius 3 is 2.38 bits per heavy atom. The lowest BCUT2D eigenvalue weighted by molar-refractivity contribution is 0.288. The normalized spacial score (nSPS) is 18.5. The van der Waals surface area contributed by atoms with E-state index in [1.807, 2.05) is 0 Å². The summed E-state index contributed by atoms with van der Waals surface area (Å²) in [6.45, 7) is 0.319. The molecule has 1 fully saturated rings. The second kappa shape index (κ2) is 5.93. The lowest BCUT2D eigenvalue weighted by Gasteiger charge is -2.37. The number of nitrogens with two attached hydrogens (primary N) is 1. The van der Waals surface area contributed by atoms with E-state index >= 15 is 0 Å². The Bertz CT molecular complexity index is 622. The van der Waals surface area contributed by atoms with E-state index in [-0.39, 0.29) is 10.6 Å². The predicted molar refractivity (Wildman–Crippen MR) is 79.9 cm³/mol. The van der Waals surface area contributed by atoms with Crippen LogP contribution in [-0.2, 0) is 15.3 Å². The average molecular weight is 315 g/mol. The van der Waals surface area contributed by atoms with Crippen LogP contribution < -0.4 is 10.5 Å². The summed E-state index contributed by atoms with van der Waals surface area (Å²) in [6.07, 6.45) is 5.64. The zero-order valence-corrected chi connectivity index (χ0v) is 13.3. The summed E-state index contributed by atoms with van der Waals surface area (Å²) < 4.78 is 43.7. The highest BCUT2D eigenvalue weighted by atomic mass is 32.2. The van der Waals surface area contributed by atoms with Crippen molar-refractivity contribution >= 4 is 9.84 Å². The van der Waals surface area contributed by atoms with Crippen molar-refractivity contribution in [3.63, 3.8) is 0 Å². The third kappa shape index (κ3) is 2.92. The van der Waals surface area contributed by atoms with Gasteiger partial charge in [0.15, 0.2) is 9.84 Å². The van der Waals surface area contributed by atoms with E-state index in [9.17, 15) is 12.8 Å². The van der Waals surface area contributed by atoms with Gasteiger partial charge >= 0.3 is 0 Å². The fourth-order valence-corrected chi connectivity index (χ4v) is 4.22. The molecule has 0 unspecified atom stereocenters. The summed E-state index contributed by atoms with van der Waals surface area (Å²) in [5.41, 5.74) is 5.87. The SMILES string of the molecule is COc1ccc(C2(CN)CCCCC2)c(F)c1S(C)(=O)=O. The van der Waals surface area contributed by atoms with E-state index in [0.717, 1.165) is 38.4 Å². The molecule has 6 heteroatoms. The third-order valence-electron chi connectivity index (χ3n) is 4.42. The van der Waals surface area contributed by atoms with Crippen LogP contribution in [0.1, 0.15) is 37.7 Å². The van der Waals surface area contributed by atoms with Crippen molar-refractivity contribution in [1.82, 2.24) is 0 Å². The molecule has 0 amide bonds. The molecule has 1 aromatic carbocycles. The van der Waals surface area contributed by atoms with Gasteiger partial charge in [0, 0.05) is 18.2 Å². The van der Waals surface area contributed by atoms with Crippen LogP contribution in [0.15, 0.2) is 17.0 Å². The van der Waals surface area contributed by atoms with Crippen molar-refractivity contribution in [2.45, 2.75) is 42.4 Å². The quantitative estimate of drug-likeness (QED) is 0.926. The van der Waals surface area contributed by atoms with Crippen molar-refractivity contribution < 1.29 is 17.5 Å². The standard InChI is InChI=1S/C15H22FNO3S/c1-20-12-7-6-11(13(16)14(12)21(2,18)19)15(10-17)8-4-3-5-9-15/h6-7H,3-5,8-10,17H2,1-2H3. The second-order valence-electron chi connectivity index (χ2n) is 5.78. The highest BCUT2D eigenvalue weighted by molar-refractivity contribution is 7.90. The van der Waals surface area contributed by atoms with Crippen LogP contribution >= 0.6 is 0 Å². The Kier molecular flexibility index (Phi) is 4.58. The maximum atomic E-state index is 14.9. The molecule has 0 spiro atoms. The first kappa shape index (κ1) is 16.2. The second-order valence-corrected chi connectivity index (χ2v) is 7.73. The number of methoxy groups -OCH3 is 1. The van der Waals surface area contributed by atoms with Gasteiger partial charge in [-0.1, -0.05) is 25.3 Å².